The maximum absolute atomic E-state index is 12.9. The number of rotatable bonds is 2. The van der Waals surface area contributed by atoms with Gasteiger partial charge in [0.25, 0.3) is 0 Å². The van der Waals surface area contributed by atoms with Crippen molar-refractivity contribution in [2.75, 3.05) is 0 Å². The number of aryl methyl sites for hydroxylation is 1. The first-order valence-corrected chi connectivity index (χ1v) is 8.67. The summed E-state index contributed by atoms with van der Waals surface area (Å²) in [5.41, 5.74) is 0.463. The number of aliphatic hydroxyl groups is 1. The second kappa shape index (κ2) is 6.23. The van der Waals surface area contributed by atoms with E-state index in [-0.39, 0.29) is 23.3 Å². The lowest BCUT2D eigenvalue weighted by atomic mass is 10.00. The maximum atomic E-state index is 12.9. The summed E-state index contributed by atoms with van der Waals surface area (Å²) < 4.78 is 40.5. The highest BCUT2D eigenvalue weighted by Crippen LogP contribution is 2.39. The first-order valence-electron chi connectivity index (χ1n) is 8.67. The fraction of sp³-hybridized carbons (Fsp3) is 0.368. The van der Waals surface area contributed by atoms with Crippen molar-refractivity contribution in [3.8, 4) is 17.0 Å². The Morgan fingerprint density at radius 1 is 1.19 bits per heavy atom. The topological polar surface area (TPSA) is 71.2 Å². The average Bonchev–Trinajstić information content (AvgIpc) is 3.18. The van der Waals surface area contributed by atoms with E-state index in [9.17, 15) is 23.4 Å². The molecule has 4 rings (SSSR count). The van der Waals surface area contributed by atoms with Crippen molar-refractivity contribution in [3.63, 3.8) is 0 Å². The zero-order valence-corrected chi connectivity index (χ0v) is 14.5. The summed E-state index contributed by atoms with van der Waals surface area (Å²) in [5, 5.41) is 25.1. The number of nitrogens with zero attached hydrogens (tertiary/aromatic N) is 3. The van der Waals surface area contributed by atoms with Gasteiger partial charge in [-0.3, -0.25) is 4.68 Å². The lowest BCUT2D eigenvalue weighted by Gasteiger charge is -2.13. The molecule has 1 aliphatic carbocycles. The predicted octanol–water partition coefficient (Wildman–Crippen LogP) is 4.22. The van der Waals surface area contributed by atoms with Gasteiger partial charge in [-0.2, -0.15) is 18.3 Å². The zero-order valence-electron chi connectivity index (χ0n) is 14.5. The van der Waals surface area contributed by atoms with E-state index in [0.29, 0.717) is 23.8 Å². The average molecular weight is 377 g/mol. The molecule has 0 aliphatic heterocycles. The fourth-order valence-electron chi connectivity index (χ4n) is 3.69. The van der Waals surface area contributed by atoms with Crippen molar-refractivity contribution < 1.29 is 23.4 Å². The summed E-state index contributed by atoms with van der Waals surface area (Å²) in [5.74, 6) is -0.465. The number of phenolic OH excluding ortho intramolecular Hbond substituents is 1. The number of hydrogen-bond acceptors (Lipinski definition) is 4. The van der Waals surface area contributed by atoms with E-state index in [1.807, 2.05) is 6.20 Å². The summed E-state index contributed by atoms with van der Waals surface area (Å²) in [6.45, 7) is 1.51. The lowest BCUT2D eigenvalue weighted by Crippen LogP contribution is -2.07. The van der Waals surface area contributed by atoms with Gasteiger partial charge in [0.2, 0.25) is 0 Å². The molecule has 0 amide bonds. The third-order valence-electron chi connectivity index (χ3n) is 5.04. The highest BCUT2D eigenvalue weighted by atomic mass is 19.4. The number of aromatic hydroxyl groups is 1. The highest BCUT2D eigenvalue weighted by molar-refractivity contribution is 5.80. The molecule has 0 saturated heterocycles. The number of hydrogen-bond donors (Lipinski definition) is 2. The Kier molecular flexibility index (Phi) is 4.10. The van der Waals surface area contributed by atoms with Crippen LogP contribution in [-0.4, -0.2) is 31.1 Å². The molecule has 0 radical (unpaired) electrons. The van der Waals surface area contributed by atoms with E-state index in [1.165, 1.54) is 6.92 Å². The quantitative estimate of drug-likeness (QED) is 0.702. The number of benzene rings is 1. The van der Waals surface area contributed by atoms with Crippen LogP contribution in [0.4, 0.5) is 13.2 Å². The molecular formula is C19H18F3N3O2. The first-order chi connectivity index (χ1) is 12.7. The Labute approximate surface area is 153 Å². The molecule has 0 spiro atoms. The Morgan fingerprint density at radius 3 is 2.59 bits per heavy atom. The van der Waals surface area contributed by atoms with Crippen molar-refractivity contribution in [3.05, 3.63) is 41.6 Å². The van der Waals surface area contributed by atoms with E-state index in [4.69, 9.17) is 0 Å². The van der Waals surface area contributed by atoms with E-state index < -0.39 is 17.5 Å². The van der Waals surface area contributed by atoms with Crippen LogP contribution in [0.2, 0.25) is 0 Å². The molecule has 2 aromatic heterocycles. The molecule has 8 heteroatoms. The SMILES string of the molecule is Cc1cc(C(F)(F)F)cc(O)c1-c1ccc2cn([C@@H]3CC[C@@H](O)C3)nc2n1. The monoisotopic (exact) mass is 377 g/mol. The van der Waals surface area contributed by atoms with E-state index in [2.05, 4.69) is 10.1 Å². The van der Waals surface area contributed by atoms with Crippen molar-refractivity contribution in [2.24, 2.45) is 0 Å². The van der Waals surface area contributed by atoms with Crippen LogP contribution in [0.3, 0.4) is 0 Å². The lowest BCUT2D eigenvalue weighted by molar-refractivity contribution is -0.137. The standard InChI is InChI=1S/C19H18F3N3O2/c1-10-6-12(19(20,21)22)7-16(27)17(10)15-5-2-11-9-25(24-18(11)23-15)13-3-4-14(26)8-13/h2,5-7,9,13-14,26-27H,3-4,8H2,1H3/t13-,14-/m1/s1. The maximum Gasteiger partial charge on any atom is 0.416 e. The van der Waals surface area contributed by atoms with Crippen LogP contribution in [-0.2, 0) is 6.18 Å². The summed E-state index contributed by atoms with van der Waals surface area (Å²) >= 11 is 0. The van der Waals surface area contributed by atoms with Gasteiger partial charge in [0, 0.05) is 17.1 Å². The Balaban J connectivity index is 1.74. The van der Waals surface area contributed by atoms with Crippen LogP contribution in [0.15, 0.2) is 30.5 Å². The molecule has 3 aromatic rings. The van der Waals surface area contributed by atoms with E-state index in [0.717, 1.165) is 24.3 Å². The number of fused-ring (bicyclic) bond motifs is 1. The molecule has 0 unspecified atom stereocenters. The largest absolute Gasteiger partial charge is 0.507 e. The minimum Gasteiger partial charge on any atom is -0.507 e. The molecular weight excluding hydrogens is 359 g/mol. The van der Waals surface area contributed by atoms with Gasteiger partial charge in [-0.15, -0.1) is 0 Å². The molecule has 0 bridgehead atoms. The van der Waals surface area contributed by atoms with Gasteiger partial charge in [-0.1, -0.05) is 0 Å². The van der Waals surface area contributed by atoms with Crippen molar-refractivity contribution >= 4 is 11.0 Å². The number of pyridine rings is 1. The summed E-state index contributed by atoms with van der Waals surface area (Å²) in [6, 6.07) is 5.27. The molecule has 1 fully saturated rings. The third kappa shape index (κ3) is 3.25. The second-order valence-electron chi connectivity index (χ2n) is 7.02. The van der Waals surface area contributed by atoms with Gasteiger partial charge in [-0.05, 0) is 56.0 Å². The Bertz CT molecular complexity index is 990. The van der Waals surface area contributed by atoms with Crippen molar-refractivity contribution in [1.29, 1.82) is 0 Å². The number of phenols is 1. The zero-order chi connectivity index (χ0) is 19.3. The van der Waals surface area contributed by atoms with Crippen LogP contribution in [0, 0.1) is 6.92 Å². The van der Waals surface area contributed by atoms with Gasteiger partial charge < -0.3 is 10.2 Å². The second-order valence-corrected chi connectivity index (χ2v) is 7.02. The fourth-order valence-corrected chi connectivity index (χ4v) is 3.69. The molecule has 1 aromatic carbocycles. The number of aliphatic hydroxyl groups excluding tert-OH is 1. The molecule has 142 valence electrons. The van der Waals surface area contributed by atoms with Crippen LogP contribution in [0.1, 0.15) is 36.4 Å². The Hall–Kier alpha value is -2.61. The minimum atomic E-state index is -4.53. The highest BCUT2D eigenvalue weighted by Gasteiger charge is 2.32. The van der Waals surface area contributed by atoms with Gasteiger partial charge in [0.05, 0.1) is 23.4 Å². The predicted molar refractivity (Wildman–Crippen MR) is 93.3 cm³/mol. The molecule has 27 heavy (non-hydrogen) atoms. The number of alkyl halides is 3. The third-order valence-corrected chi connectivity index (χ3v) is 5.04. The molecule has 2 heterocycles. The number of aromatic nitrogens is 3. The molecule has 1 aliphatic rings. The Morgan fingerprint density at radius 2 is 1.96 bits per heavy atom. The van der Waals surface area contributed by atoms with Crippen LogP contribution < -0.4 is 0 Å². The van der Waals surface area contributed by atoms with Crippen LogP contribution in [0.5, 0.6) is 5.75 Å². The van der Waals surface area contributed by atoms with Crippen LogP contribution >= 0.6 is 0 Å². The molecule has 2 N–H and O–H groups in total. The van der Waals surface area contributed by atoms with Gasteiger partial charge >= 0.3 is 6.18 Å². The molecule has 5 nitrogen and oxygen atoms in total. The first kappa shape index (κ1) is 17.8. The summed E-state index contributed by atoms with van der Waals surface area (Å²) in [6.07, 6.45) is -0.784. The minimum absolute atomic E-state index is 0.110. The van der Waals surface area contributed by atoms with Gasteiger partial charge in [0.1, 0.15) is 5.75 Å². The van der Waals surface area contributed by atoms with Crippen LogP contribution in [0.25, 0.3) is 22.3 Å². The van der Waals surface area contributed by atoms with Crippen molar-refractivity contribution in [2.45, 2.75) is 44.5 Å². The van der Waals surface area contributed by atoms with E-state index >= 15 is 0 Å². The normalized spacial score (nSPS) is 20.5. The molecule has 2 atom stereocenters. The van der Waals surface area contributed by atoms with Gasteiger partial charge in [-0.25, -0.2) is 4.98 Å². The van der Waals surface area contributed by atoms with Gasteiger partial charge in [0.15, 0.2) is 5.65 Å². The van der Waals surface area contributed by atoms with E-state index in [1.54, 1.807) is 16.8 Å². The summed E-state index contributed by atoms with van der Waals surface area (Å²) in [4.78, 5) is 4.43. The van der Waals surface area contributed by atoms with Crippen molar-refractivity contribution in [1.82, 2.24) is 14.8 Å². The smallest absolute Gasteiger partial charge is 0.416 e. The number of halogens is 3. The summed E-state index contributed by atoms with van der Waals surface area (Å²) in [7, 11) is 0. The molecule has 1 saturated carbocycles.